The van der Waals surface area contributed by atoms with Crippen LogP contribution in [-0.2, 0) is 0 Å². The standard InChI is InChI=1S/C7H5BrF3NO/c8-5-1-6(3-12-2-5)13-4-7(9,10)11/h1-3H,4H2. The summed E-state index contributed by atoms with van der Waals surface area (Å²) in [4.78, 5) is 3.65. The Balaban J connectivity index is 2.55. The summed E-state index contributed by atoms with van der Waals surface area (Å²) in [6.45, 7) is -1.30. The molecule has 0 aromatic carbocycles. The molecule has 0 unspecified atom stereocenters. The molecule has 6 heteroatoms. The van der Waals surface area contributed by atoms with E-state index in [1.165, 1.54) is 18.5 Å². The topological polar surface area (TPSA) is 22.1 Å². The molecule has 2 nitrogen and oxygen atoms in total. The fourth-order valence-corrected chi connectivity index (χ4v) is 0.980. The predicted molar refractivity (Wildman–Crippen MR) is 43.5 cm³/mol. The largest absolute Gasteiger partial charge is 0.482 e. The smallest absolute Gasteiger partial charge is 0.422 e. The molecule has 0 amide bonds. The van der Waals surface area contributed by atoms with Crippen LogP contribution in [0.4, 0.5) is 13.2 Å². The second-order valence-corrected chi connectivity index (χ2v) is 3.16. The maximum Gasteiger partial charge on any atom is 0.422 e. The number of alkyl halides is 3. The molecule has 0 fully saturated rings. The van der Waals surface area contributed by atoms with E-state index in [2.05, 4.69) is 25.7 Å². The van der Waals surface area contributed by atoms with Crippen molar-refractivity contribution >= 4 is 15.9 Å². The van der Waals surface area contributed by atoms with Crippen molar-refractivity contribution in [2.75, 3.05) is 6.61 Å². The molecule has 0 N–H and O–H groups in total. The molecule has 0 aliphatic heterocycles. The van der Waals surface area contributed by atoms with Crippen molar-refractivity contribution in [3.63, 3.8) is 0 Å². The monoisotopic (exact) mass is 255 g/mol. The molecular formula is C7H5BrF3NO. The minimum absolute atomic E-state index is 0.0895. The predicted octanol–water partition coefficient (Wildman–Crippen LogP) is 2.79. The molecule has 1 rings (SSSR count). The maximum atomic E-state index is 11.7. The van der Waals surface area contributed by atoms with Crippen molar-refractivity contribution in [1.82, 2.24) is 4.98 Å². The fraction of sp³-hybridized carbons (Fsp3) is 0.286. The van der Waals surface area contributed by atoms with Crippen molar-refractivity contribution in [2.45, 2.75) is 6.18 Å². The average Bonchev–Trinajstić information content (AvgIpc) is 2.00. The number of ether oxygens (including phenoxy) is 1. The van der Waals surface area contributed by atoms with Crippen molar-refractivity contribution in [1.29, 1.82) is 0 Å². The summed E-state index contributed by atoms with van der Waals surface area (Å²) < 4.78 is 40.1. The van der Waals surface area contributed by atoms with Crippen molar-refractivity contribution < 1.29 is 17.9 Å². The lowest BCUT2D eigenvalue weighted by Gasteiger charge is -2.08. The third-order valence-electron chi connectivity index (χ3n) is 1.08. The van der Waals surface area contributed by atoms with Crippen LogP contribution in [0.3, 0.4) is 0 Å². The van der Waals surface area contributed by atoms with Crippen molar-refractivity contribution in [2.24, 2.45) is 0 Å². The lowest BCUT2D eigenvalue weighted by atomic mass is 10.5. The number of aromatic nitrogens is 1. The molecule has 0 saturated carbocycles. The first kappa shape index (κ1) is 10.3. The zero-order valence-corrected chi connectivity index (χ0v) is 7.89. The van der Waals surface area contributed by atoms with Crippen molar-refractivity contribution in [3.8, 4) is 5.75 Å². The molecule has 0 saturated heterocycles. The van der Waals surface area contributed by atoms with E-state index in [9.17, 15) is 13.2 Å². The molecule has 0 aliphatic rings. The quantitative estimate of drug-likeness (QED) is 0.811. The molecule has 13 heavy (non-hydrogen) atoms. The van der Waals surface area contributed by atoms with Crippen LogP contribution in [0.25, 0.3) is 0 Å². The zero-order valence-electron chi connectivity index (χ0n) is 6.31. The van der Waals surface area contributed by atoms with Crippen LogP contribution in [0.5, 0.6) is 5.75 Å². The number of halogens is 4. The third kappa shape index (κ3) is 4.12. The van der Waals surface area contributed by atoms with E-state index in [0.717, 1.165) is 0 Å². The lowest BCUT2D eigenvalue weighted by Crippen LogP contribution is -2.19. The minimum Gasteiger partial charge on any atom is -0.482 e. The number of hydrogen-bond donors (Lipinski definition) is 0. The van der Waals surface area contributed by atoms with Gasteiger partial charge in [-0.2, -0.15) is 13.2 Å². The maximum absolute atomic E-state index is 11.7. The molecule has 0 atom stereocenters. The summed E-state index contributed by atoms with van der Waals surface area (Å²) >= 11 is 3.06. The van der Waals surface area contributed by atoms with Gasteiger partial charge in [-0.05, 0) is 22.0 Å². The molecular weight excluding hydrogens is 251 g/mol. The van der Waals surface area contributed by atoms with Gasteiger partial charge in [-0.25, -0.2) is 0 Å². The van der Waals surface area contributed by atoms with Gasteiger partial charge in [0.1, 0.15) is 5.75 Å². The van der Waals surface area contributed by atoms with E-state index in [-0.39, 0.29) is 5.75 Å². The summed E-state index contributed by atoms with van der Waals surface area (Å²) in [7, 11) is 0. The molecule has 1 aromatic rings. The Morgan fingerprint density at radius 2 is 2.08 bits per heavy atom. The molecule has 1 heterocycles. The summed E-state index contributed by atoms with van der Waals surface area (Å²) in [5.41, 5.74) is 0. The van der Waals surface area contributed by atoms with E-state index in [1.807, 2.05) is 0 Å². The number of rotatable bonds is 2. The molecule has 0 aliphatic carbocycles. The number of nitrogens with zero attached hydrogens (tertiary/aromatic N) is 1. The number of hydrogen-bond acceptors (Lipinski definition) is 2. The molecule has 0 radical (unpaired) electrons. The van der Waals surface area contributed by atoms with Crippen LogP contribution in [0.1, 0.15) is 0 Å². The zero-order chi connectivity index (χ0) is 9.90. The Hall–Kier alpha value is -0.780. The van der Waals surface area contributed by atoms with E-state index in [4.69, 9.17) is 0 Å². The Kier molecular flexibility index (Phi) is 3.13. The Morgan fingerprint density at radius 1 is 1.38 bits per heavy atom. The van der Waals surface area contributed by atoms with Crippen LogP contribution in [0.2, 0.25) is 0 Å². The van der Waals surface area contributed by atoms with Gasteiger partial charge >= 0.3 is 6.18 Å². The van der Waals surface area contributed by atoms with Gasteiger partial charge in [0, 0.05) is 10.7 Å². The highest BCUT2D eigenvalue weighted by Gasteiger charge is 2.28. The summed E-state index contributed by atoms with van der Waals surface area (Å²) in [5.74, 6) is 0.0895. The van der Waals surface area contributed by atoms with E-state index >= 15 is 0 Å². The third-order valence-corrected chi connectivity index (χ3v) is 1.52. The normalized spacial score (nSPS) is 11.4. The highest BCUT2D eigenvalue weighted by Crippen LogP contribution is 2.20. The van der Waals surface area contributed by atoms with Gasteiger partial charge in [0.25, 0.3) is 0 Å². The van der Waals surface area contributed by atoms with E-state index < -0.39 is 12.8 Å². The van der Waals surface area contributed by atoms with Gasteiger partial charge in [0.05, 0.1) is 6.20 Å². The van der Waals surface area contributed by atoms with Crippen LogP contribution in [-0.4, -0.2) is 17.8 Å². The average molecular weight is 256 g/mol. The fourth-order valence-electron chi connectivity index (χ4n) is 0.636. The second kappa shape index (κ2) is 3.95. The van der Waals surface area contributed by atoms with Crippen LogP contribution < -0.4 is 4.74 Å². The summed E-state index contributed by atoms with van der Waals surface area (Å²) in [6.07, 6.45) is -1.64. The van der Waals surface area contributed by atoms with Gasteiger partial charge in [0.2, 0.25) is 0 Å². The van der Waals surface area contributed by atoms with E-state index in [1.54, 1.807) is 0 Å². The Labute approximate surface area is 80.9 Å². The molecule has 0 spiro atoms. The van der Waals surface area contributed by atoms with Crippen LogP contribution >= 0.6 is 15.9 Å². The highest BCUT2D eigenvalue weighted by atomic mass is 79.9. The molecule has 72 valence electrons. The van der Waals surface area contributed by atoms with Crippen LogP contribution in [0.15, 0.2) is 22.9 Å². The summed E-state index contributed by atoms with van der Waals surface area (Å²) in [5, 5.41) is 0. The number of pyridine rings is 1. The Morgan fingerprint density at radius 3 is 2.62 bits per heavy atom. The first-order valence-corrected chi connectivity index (χ1v) is 4.07. The minimum atomic E-state index is -4.32. The van der Waals surface area contributed by atoms with Gasteiger partial charge < -0.3 is 4.74 Å². The lowest BCUT2D eigenvalue weighted by molar-refractivity contribution is -0.153. The Bertz CT molecular complexity index is 289. The molecule has 1 aromatic heterocycles. The molecule has 0 bridgehead atoms. The first-order valence-electron chi connectivity index (χ1n) is 3.27. The van der Waals surface area contributed by atoms with Gasteiger partial charge in [-0.3, -0.25) is 4.98 Å². The highest BCUT2D eigenvalue weighted by molar-refractivity contribution is 9.10. The van der Waals surface area contributed by atoms with E-state index in [0.29, 0.717) is 4.47 Å². The van der Waals surface area contributed by atoms with Gasteiger partial charge in [-0.1, -0.05) is 0 Å². The van der Waals surface area contributed by atoms with Gasteiger partial charge in [-0.15, -0.1) is 0 Å². The first-order chi connectivity index (χ1) is 5.97. The van der Waals surface area contributed by atoms with Gasteiger partial charge in [0.15, 0.2) is 6.61 Å². The second-order valence-electron chi connectivity index (χ2n) is 2.24. The SMILES string of the molecule is FC(F)(F)COc1cncc(Br)c1. The van der Waals surface area contributed by atoms with Crippen molar-refractivity contribution in [3.05, 3.63) is 22.9 Å². The summed E-state index contributed by atoms with van der Waals surface area (Å²) in [6, 6.07) is 1.42. The van der Waals surface area contributed by atoms with Crippen LogP contribution in [0, 0.1) is 0 Å².